The molecule has 0 radical (unpaired) electrons. The van der Waals surface area contributed by atoms with Crippen molar-refractivity contribution in [3.63, 3.8) is 0 Å². The average Bonchev–Trinajstić information content (AvgIpc) is 2.98. The molecule has 0 N–H and O–H groups in total. The van der Waals surface area contributed by atoms with Gasteiger partial charge in [0, 0.05) is 30.9 Å². The normalized spacial score (nSPS) is 17.2. The van der Waals surface area contributed by atoms with Crippen LogP contribution in [0, 0.1) is 13.8 Å². The van der Waals surface area contributed by atoms with Gasteiger partial charge in [0.15, 0.2) is 0 Å². The van der Waals surface area contributed by atoms with Crippen LogP contribution in [0.25, 0.3) is 0 Å². The molecule has 2 aromatic heterocycles. The molecule has 8 heteroatoms. The SMILES string of the molecule is COc1nccnc1O[C@@H]1CCCN(C(=O)CCc2c(C)noc2C)C1. The number of aryl methyl sites for hydroxylation is 2. The molecule has 1 amide bonds. The van der Waals surface area contributed by atoms with Gasteiger partial charge < -0.3 is 18.9 Å². The molecule has 0 aromatic carbocycles. The van der Waals surface area contributed by atoms with E-state index in [-0.39, 0.29) is 12.0 Å². The standard InChI is InChI=1S/C18H24N4O4/c1-12-15(13(2)26-21-12)6-7-16(23)22-10-4-5-14(11-22)25-18-17(24-3)19-8-9-20-18/h8-9,14H,4-7,10-11H2,1-3H3/t14-/m1/s1. The highest BCUT2D eigenvalue weighted by Crippen LogP contribution is 2.24. The summed E-state index contributed by atoms with van der Waals surface area (Å²) >= 11 is 0. The molecule has 1 saturated heterocycles. The third kappa shape index (κ3) is 4.12. The number of likely N-dealkylation sites (tertiary alicyclic amines) is 1. The molecule has 2 aromatic rings. The molecule has 0 spiro atoms. The van der Waals surface area contributed by atoms with Crippen molar-refractivity contribution < 1.29 is 18.8 Å². The Kier molecular flexibility index (Phi) is 5.70. The maximum absolute atomic E-state index is 12.6. The number of piperidine rings is 1. The van der Waals surface area contributed by atoms with Crippen molar-refractivity contribution in [2.45, 2.75) is 45.6 Å². The predicted molar refractivity (Wildman–Crippen MR) is 93.1 cm³/mol. The first-order valence-corrected chi connectivity index (χ1v) is 8.79. The van der Waals surface area contributed by atoms with Gasteiger partial charge in [-0.2, -0.15) is 0 Å². The summed E-state index contributed by atoms with van der Waals surface area (Å²) in [6, 6.07) is 0. The molecule has 1 aliphatic heterocycles. The van der Waals surface area contributed by atoms with E-state index in [9.17, 15) is 4.79 Å². The van der Waals surface area contributed by atoms with Crippen LogP contribution in [0.15, 0.2) is 16.9 Å². The van der Waals surface area contributed by atoms with E-state index in [1.54, 1.807) is 12.4 Å². The highest BCUT2D eigenvalue weighted by Gasteiger charge is 2.26. The minimum absolute atomic E-state index is 0.114. The second-order valence-corrected chi connectivity index (χ2v) is 6.40. The minimum atomic E-state index is -0.114. The number of ether oxygens (including phenoxy) is 2. The van der Waals surface area contributed by atoms with Gasteiger partial charge in [0.05, 0.1) is 19.3 Å². The number of hydrogen-bond acceptors (Lipinski definition) is 7. The molecule has 3 heterocycles. The molecule has 1 fully saturated rings. The van der Waals surface area contributed by atoms with Crippen LogP contribution in [0.3, 0.4) is 0 Å². The van der Waals surface area contributed by atoms with E-state index in [1.165, 1.54) is 7.11 Å². The third-order valence-corrected chi connectivity index (χ3v) is 4.61. The number of nitrogens with zero attached hydrogens (tertiary/aromatic N) is 4. The average molecular weight is 360 g/mol. The lowest BCUT2D eigenvalue weighted by Crippen LogP contribution is -2.44. The Morgan fingerprint density at radius 1 is 1.31 bits per heavy atom. The van der Waals surface area contributed by atoms with Crippen LogP contribution in [-0.4, -0.2) is 52.2 Å². The van der Waals surface area contributed by atoms with Gasteiger partial charge >= 0.3 is 0 Å². The molecule has 1 aliphatic rings. The van der Waals surface area contributed by atoms with Crippen LogP contribution in [-0.2, 0) is 11.2 Å². The smallest absolute Gasteiger partial charge is 0.278 e. The van der Waals surface area contributed by atoms with Crippen LogP contribution in [0.4, 0.5) is 0 Å². The van der Waals surface area contributed by atoms with Gasteiger partial charge in [0.1, 0.15) is 11.9 Å². The summed E-state index contributed by atoms with van der Waals surface area (Å²) in [6.45, 7) is 5.06. The van der Waals surface area contributed by atoms with E-state index in [4.69, 9.17) is 14.0 Å². The maximum atomic E-state index is 12.6. The Hall–Kier alpha value is -2.64. The molecule has 140 valence electrons. The Balaban J connectivity index is 1.56. The van der Waals surface area contributed by atoms with Gasteiger partial charge in [-0.25, -0.2) is 9.97 Å². The van der Waals surface area contributed by atoms with E-state index in [0.717, 1.165) is 36.4 Å². The van der Waals surface area contributed by atoms with Crippen LogP contribution in [0.1, 0.15) is 36.3 Å². The Morgan fingerprint density at radius 2 is 2.08 bits per heavy atom. The number of carbonyl (C=O) groups is 1. The quantitative estimate of drug-likeness (QED) is 0.779. The van der Waals surface area contributed by atoms with E-state index in [0.29, 0.717) is 31.1 Å². The first-order valence-electron chi connectivity index (χ1n) is 8.79. The monoisotopic (exact) mass is 360 g/mol. The topological polar surface area (TPSA) is 90.6 Å². The Labute approximate surface area is 152 Å². The fourth-order valence-electron chi connectivity index (χ4n) is 3.20. The van der Waals surface area contributed by atoms with Gasteiger partial charge in [0.25, 0.3) is 11.8 Å². The van der Waals surface area contributed by atoms with Crippen LogP contribution in [0.2, 0.25) is 0 Å². The number of methoxy groups -OCH3 is 1. The first-order chi connectivity index (χ1) is 12.6. The number of carbonyl (C=O) groups excluding carboxylic acids is 1. The van der Waals surface area contributed by atoms with Gasteiger partial charge in [-0.05, 0) is 33.1 Å². The van der Waals surface area contributed by atoms with Crippen molar-refractivity contribution in [3.05, 3.63) is 29.4 Å². The molecular formula is C18H24N4O4. The van der Waals surface area contributed by atoms with E-state index in [1.807, 2.05) is 18.7 Å². The van der Waals surface area contributed by atoms with Crippen molar-refractivity contribution in [2.24, 2.45) is 0 Å². The predicted octanol–water partition coefficient (Wildman–Crippen LogP) is 2.09. The number of rotatable bonds is 6. The van der Waals surface area contributed by atoms with E-state index in [2.05, 4.69) is 15.1 Å². The van der Waals surface area contributed by atoms with Gasteiger partial charge in [-0.15, -0.1) is 0 Å². The van der Waals surface area contributed by atoms with Gasteiger partial charge in [-0.3, -0.25) is 4.79 Å². The molecule has 0 saturated carbocycles. The first kappa shape index (κ1) is 18.2. The molecular weight excluding hydrogens is 336 g/mol. The Morgan fingerprint density at radius 3 is 2.77 bits per heavy atom. The Bertz CT molecular complexity index is 742. The van der Waals surface area contributed by atoms with Gasteiger partial charge in [0.2, 0.25) is 5.91 Å². The fraction of sp³-hybridized carbons (Fsp3) is 0.556. The second kappa shape index (κ2) is 8.16. The molecule has 3 rings (SSSR count). The molecule has 8 nitrogen and oxygen atoms in total. The molecule has 1 atom stereocenters. The van der Waals surface area contributed by atoms with E-state index < -0.39 is 0 Å². The zero-order chi connectivity index (χ0) is 18.5. The summed E-state index contributed by atoms with van der Waals surface area (Å²) in [6.07, 6.45) is 5.84. The van der Waals surface area contributed by atoms with Crippen LogP contribution in [0.5, 0.6) is 11.8 Å². The second-order valence-electron chi connectivity index (χ2n) is 6.40. The van der Waals surface area contributed by atoms with Crippen molar-refractivity contribution >= 4 is 5.91 Å². The van der Waals surface area contributed by atoms with Crippen molar-refractivity contribution in [2.75, 3.05) is 20.2 Å². The lowest BCUT2D eigenvalue weighted by molar-refractivity contribution is -0.133. The molecule has 0 unspecified atom stereocenters. The van der Waals surface area contributed by atoms with Crippen molar-refractivity contribution in [1.82, 2.24) is 20.0 Å². The fourth-order valence-corrected chi connectivity index (χ4v) is 3.20. The van der Waals surface area contributed by atoms with Gasteiger partial charge in [-0.1, -0.05) is 5.16 Å². The molecule has 0 bridgehead atoms. The summed E-state index contributed by atoms with van der Waals surface area (Å²) in [5.74, 6) is 1.62. The zero-order valence-corrected chi connectivity index (χ0v) is 15.4. The number of hydrogen-bond donors (Lipinski definition) is 0. The molecule has 26 heavy (non-hydrogen) atoms. The lowest BCUT2D eigenvalue weighted by Gasteiger charge is -2.32. The van der Waals surface area contributed by atoms with Crippen LogP contribution >= 0.6 is 0 Å². The number of amides is 1. The number of aromatic nitrogens is 3. The summed E-state index contributed by atoms with van der Waals surface area (Å²) in [7, 11) is 1.53. The third-order valence-electron chi connectivity index (χ3n) is 4.61. The zero-order valence-electron chi connectivity index (χ0n) is 15.4. The highest BCUT2D eigenvalue weighted by atomic mass is 16.5. The summed E-state index contributed by atoms with van der Waals surface area (Å²) in [5, 5.41) is 3.94. The lowest BCUT2D eigenvalue weighted by atomic mass is 10.1. The van der Waals surface area contributed by atoms with Crippen molar-refractivity contribution in [1.29, 1.82) is 0 Å². The maximum Gasteiger partial charge on any atom is 0.278 e. The minimum Gasteiger partial charge on any atom is -0.477 e. The largest absolute Gasteiger partial charge is 0.477 e. The van der Waals surface area contributed by atoms with E-state index >= 15 is 0 Å². The summed E-state index contributed by atoms with van der Waals surface area (Å²) in [5.41, 5.74) is 1.87. The van der Waals surface area contributed by atoms with Crippen molar-refractivity contribution in [3.8, 4) is 11.8 Å². The summed E-state index contributed by atoms with van der Waals surface area (Å²) < 4.78 is 16.3. The highest BCUT2D eigenvalue weighted by molar-refractivity contribution is 5.76. The van der Waals surface area contributed by atoms with Crippen LogP contribution < -0.4 is 9.47 Å². The molecule has 0 aliphatic carbocycles. The summed E-state index contributed by atoms with van der Waals surface area (Å²) in [4.78, 5) is 22.7.